The lowest BCUT2D eigenvalue weighted by Gasteiger charge is -2.27. The number of sulfone groups is 1. The van der Waals surface area contributed by atoms with Gasteiger partial charge in [0.15, 0.2) is 9.84 Å². The Balaban J connectivity index is 2.92. The summed E-state index contributed by atoms with van der Waals surface area (Å²) in [6, 6.07) is 7.11. The van der Waals surface area contributed by atoms with E-state index in [9.17, 15) is 8.42 Å². The SMILES string of the molecule is Cc1ccc(S(=O)(=O)C(I)CC(I)C(C)(C)C)cc1. The molecule has 0 aromatic heterocycles. The van der Waals surface area contributed by atoms with Crippen LogP contribution in [-0.4, -0.2) is 15.6 Å². The van der Waals surface area contributed by atoms with Crippen molar-refractivity contribution < 1.29 is 8.42 Å². The predicted octanol–water partition coefficient (Wildman–Crippen LogP) is 4.77. The molecule has 2 unspecified atom stereocenters. The molecule has 0 radical (unpaired) electrons. The molecule has 0 N–H and O–H groups in total. The molecule has 0 bridgehead atoms. The van der Waals surface area contributed by atoms with E-state index in [1.165, 1.54) is 0 Å². The van der Waals surface area contributed by atoms with Gasteiger partial charge < -0.3 is 0 Å². The first kappa shape index (κ1) is 17.7. The van der Waals surface area contributed by atoms with E-state index in [4.69, 9.17) is 0 Å². The van der Waals surface area contributed by atoms with Gasteiger partial charge >= 0.3 is 0 Å². The van der Waals surface area contributed by atoms with Crippen molar-refractivity contribution in [3.63, 3.8) is 0 Å². The molecule has 0 aliphatic heterocycles. The highest BCUT2D eigenvalue weighted by atomic mass is 127. The number of benzene rings is 1. The molecule has 1 rings (SSSR count). The first-order valence-corrected chi connectivity index (χ1v) is 10.2. The van der Waals surface area contributed by atoms with Crippen molar-refractivity contribution in [3.05, 3.63) is 29.8 Å². The van der Waals surface area contributed by atoms with Gasteiger partial charge in [0.2, 0.25) is 0 Å². The van der Waals surface area contributed by atoms with Crippen LogP contribution in [0.15, 0.2) is 29.2 Å². The van der Waals surface area contributed by atoms with Gasteiger partial charge in [0.05, 0.1) is 4.90 Å². The van der Waals surface area contributed by atoms with Crippen LogP contribution in [0.25, 0.3) is 0 Å². The standard InChI is InChI=1S/C14H20I2O2S/c1-10-5-7-11(8-6-10)19(17,18)13(16)9-12(15)14(2,3)4/h5-8,12-13H,9H2,1-4H3. The van der Waals surface area contributed by atoms with Gasteiger partial charge in [-0.15, -0.1) is 0 Å². The average molecular weight is 506 g/mol. The van der Waals surface area contributed by atoms with Crippen molar-refractivity contribution in [1.29, 1.82) is 0 Å². The molecule has 0 amide bonds. The number of halogens is 2. The minimum atomic E-state index is -3.23. The fourth-order valence-electron chi connectivity index (χ4n) is 1.52. The molecule has 1 aromatic rings. The molecule has 2 atom stereocenters. The van der Waals surface area contributed by atoms with Crippen molar-refractivity contribution >= 4 is 55.0 Å². The summed E-state index contributed by atoms with van der Waals surface area (Å²) >= 11 is 4.42. The molecule has 108 valence electrons. The first-order valence-electron chi connectivity index (χ1n) is 6.14. The van der Waals surface area contributed by atoms with Gasteiger partial charge in [-0.2, -0.15) is 0 Å². The lowest BCUT2D eigenvalue weighted by atomic mass is 9.91. The third-order valence-electron chi connectivity index (χ3n) is 3.02. The summed E-state index contributed by atoms with van der Waals surface area (Å²) in [5.74, 6) is 0. The number of alkyl halides is 2. The second-order valence-corrected chi connectivity index (χ2v) is 11.8. The first-order chi connectivity index (χ1) is 8.55. The highest BCUT2D eigenvalue weighted by molar-refractivity contribution is 14.1. The van der Waals surface area contributed by atoms with E-state index in [0.29, 0.717) is 15.2 Å². The zero-order chi connectivity index (χ0) is 14.8. The van der Waals surface area contributed by atoms with Crippen LogP contribution in [0, 0.1) is 12.3 Å². The normalized spacial score (nSPS) is 16.1. The molecular weight excluding hydrogens is 486 g/mol. The van der Waals surface area contributed by atoms with Crippen LogP contribution < -0.4 is 0 Å². The maximum atomic E-state index is 12.5. The third-order valence-corrected chi connectivity index (χ3v) is 9.71. The Bertz CT molecular complexity index is 515. The summed E-state index contributed by atoms with van der Waals surface area (Å²) in [5, 5.41) is 0. The molecule has 0 saturated carbocycles. The largest absolute Gasteiger partial charge is 0.223 e. The molecule has 0 aliphatic carbocycles. The number of aryl methyl sites for hydroxylation is 1. The van der Waals surface area contributed by atoms with Gasteiger partial charge in [-0.25, -0.2) is 8.42 Å². The van der Waals surface area contributed by atoms with Gasteiger partial charge in [-0.3, -0.25) is 0 Å². The molecule has 0 aliphatic rings. The van der Waals surface area contributed by atoms with E-state index in [0.717, 1.165) is 5.56 Å². The number of rotatable bonds is 4. The zero-order valence-electron chi connectivity index (χ0n) is 11.7. The van der Waals surface area contributed by atoms with Crippen LogP contribution in [0.2, 0.25) is 0 Å². The quantitative estimate of drug-likeness (QED) is 0.436. The van der Waals surface area contributed by atoms with E-state index >= 15 is 0 Å². The fraction of sp³-hybridized carbons (Fsp3) is 0.571. The highest BCUT2D eigenvalue weighted by Crippen LogP contribution is 2.35. The van der Waals surface area contributed by atoms with E-state index < -0.39 is 9.84 Å². The van der Waals surface area contributed by atoms with E-state index in [1.807, 2.05) is 19.1 Å². The summed E-state index contributed by atoms with van der Waals surface area (Å²) < 4.78 is 24.9. The maximum absolute atomic E-state index is 12.5. The highest BCUT2D eigenvalue weighted by Gasteiger charge is 2.31. The molecule has 0 fully saturated rings. The topological polar surface area (TPSA) is 34.1 Å². The molecule has 0 saturated heterocycles. The lowest BCUT2D eigenvalue weighted by molar-refractivity contribution is 0.399. The molecule has 0 heterocycles. The Labute approximate surface area is 144 Å². The van der Waals surface area contributed by atoms with Gasteiger partial charge in [0.1, 0.15) is 3.26 Å². The van der Waals surface area contributed by atoms with Gasteiger partial charge in [0.25, 0.3) is 0 Å². The van der Waals surface area contributed by atoms with Crippen LogP contribution in [0.3, 0.4) is 0 Å². The van der Waals surface area contributed by atoms with Gasteiger partial charge in [-0.05, 0) is 30.9 Å². The summed E-state index contributed by atoms with van der Waals surface area (Å²) in [7, 11) is -3.23. The second-order valence-electron chi connectivity index (χ2n) is 5.84. The minimum Gasteiger partial charge on any atom is -0.223 e. The van der Waals surface area contributed by atoms with Crippen molar-refractivity contribution in [3.8, 4) is 0 Å². The van der Waals surface area contributed by atoms with Crippen molar-refractivity contribution in [1.82, 2.24) is 0 Å². The monoisotopic (exact) mass is 506 g/mol. The van der Waals surface area contributed by atoms with Crippen LogP contribution in [0.1, 0.15) is 32.8 Å². The molecule has 1 aromatic carbocycles. The maximum Gasteiger partial charge on any atom is 0.190 e. The molecular formula is C14H20I2O2S. The third kappa shape index (κ3) is 4.84. The summed E-state index contributed by atoms with van der Waals surface area (Å²) in [6.45, 7) is 8.39. The van der Waals surface area contributed by atoms with Gasteiger partial charge in [-0.1, -0.05) is 83.6 Å². The Morgan fingerprint density at radius 2 is 1.58 bits per heavy atom. The second kappa shape index (κ2) is 6.60. The van der Waals surface area contributed by atoms with Gasteiger partial charge in [0, 0.05) is 3.92 Å². The van der Waals surface area contributed by atoms with E-state index in [-0.39, 0.29) is 8.67 Å². The summed E-state index contributed by atoms with van der Waals surface area (Å²) in [5.41, 5.74) is 1.19. The van der Waals surface area contributed by atoms with E-state index in [1.54, 1.807) is 12.1 Å². The Morgan fingerprint density at radius 1 is 1.11 bits per heavy atom. The Kier molecular flexibility index (Phi) is 6.14. The minimum absolute atomic E-state index is 0.118. The number of hydrogen-bond acceptors (Lipinski definition) is 2. The zero-order valence-corrected chi connectivity index (χ0v) is 16.8. The van der Waals surface area contributed by atoms with Crippen molar-refractivity contribution in [2.75, 3.05) is 0 Å². The molecule has 5 heteroatoms. The number of hydrogen-bond donors (Lipinski definition) is 0. The molecule has 19 heavy (non-hydrogen) atoms. The van der Waals surface area contributed by atoms with Crippen LogP contribution >= 0.6 is 45.2 Å². The fourth-order valence-corrected chi connectivity index (χ4v) is 5.99. The Hall–Kier alpha value is 0.630. The predicted molar refractivity (Wildman–Crippen MR) is 98.1 cm³/mol. The summed E-state index contributed by atoms with van der Waals surface area (Å²) in [4.78, 5) is 0.426. The Morgan fingerprint density at radius 3 is 2.00 bits per heavy atom. The molecule has 0 spiro atoms. The smallest absolute Gasteiger partial charge is 0.190 e. The van der Waals surface area contributed by atoms with Crippen molar-refractivity contribution in [2.24, 2.45) is 5.41 Å². The van der Waals surface area contributed by atoms with Crippen LogP contribution in [-0.2, 0) is 9.84 Å². The average Bonchev–Trinajstić information content (AvgIpc) is 2.28. The lowest BCUT2D eigenvalue weighted by Crippen LogP contribution is -2.27. The van der Waals surface area contributed by atoms with Crippen LogP contribution in [0.5, 0.6) is 0 Å². The summed E-state index contributed by atoms with van der Waals surface area (Å²) in [6.07, 6.45) is 0.667. The van der Waals surface area contributed by atoms with E-state index in [2.05, 4.69) is 66.0 Å². The van der Waals surface area contributed by atoms with Crippen LogP contribution in [0.4, 0.5) is 0 Å². The van der Waals surface area contributed by atoms with Crippen molar-refractivity contribution in [2.45, 2.75) is 46.2 Å². The molecule has 2 nitrogen and oxygen atoms in total.